The molecule has 8 nitrogen and oxygen atoms in total. The van der Waals surface area contributed by atoms with E-state index >= 15 is 0 Å². The van der Waals surface area contributed by atoms with E-state index in [9.17, 15) is 14.4 Å². The molecule has 1 saturated heterocycles. The van der Waals surface area contributed by atoms with Gasteiger partial charge in [-0.05, 0) is 57.4 Å². The third kappa shape index (κ3) is 5.65. The molecule has 0 unspecified atom stereocenters. The molecule has 2 N–H and O–H groups in total. The second-order valence-electron chi connectivity index (χ2n) is 8.85. The minimum Gasteiger partial charge on any atom is -0.353 e. The van der Waals surface area contributed by atoms with Gasteiger partial charge in [0, 0.05) is 43.7 Å². The quantitative estimate of drug-likeness (QED) is 0.631. The number of nitrogens with zero attached hydrogens (tertiary/aromatic N) is 3. The Bertz CT molecular complexity index is 815. The van der Waals surface area contributed by atoms with Crippen LogP contribution in [0.25, 0.3) is 0 Å². The summed E-state index contributed by atoms with van der Waals surface area (Å²) in [6.07, 6.45) is 7.26. The third-order valence-corrected chi connectivity index (χ3v) is 6.13. The minimum absolute atomic E-state index is 0.0664. The number of hydrogen-bond donors (Lipinski definition) is 2. The highest BCUT2D eigenvalue weighted by Gasteiger charge is 2.38. The normalized spacial score (nSPS) is 24.4. The summed E-state index contributed by atoms with van der Waals surface area (Å²) < 4.78 is 1.20. The van der Waals surface area contributed by atoms with E-state index in [1.807, 2.05) is 0 Å². The third-order valence-electron chi connectivity index (χ3n) is 6.13. The molecule has 3 fully saturated rings. The molecule has 0 radical (unpaired) electrons. The fourth-order valence-electron chi connectivity index (χ4n) is 4.17. The molecule has 4 rings (SSSR count). The maximum absolute atomic E-state index is 12.4. The molecule has 158 valence electrons. The van der Waals surface area contributed by atoms with Crippen molar-refractivity contribution in [1.82, 2.24) is 25.3 Å². The summed E-state index contributed by atoms with van der Waals surface area (Å²) in [7, 11) is 0. The van der Waals surface area contributed by atoms with E-state index in [0.29, 0.717) is 24.7 Å². The van der Waals surface area contributed by atoms with Crippen molar-refractivity contribution in [3.05, 3.63) is 28.2 Å². The van der Waals surface area contributed by atoms with Crippen molar-refractivity contribution in [2.75, 3.05) is 13.1 Å². The van der Waals surface area contributed by atoms with Gasteiger partial charge in [0.2, 0.25) is 11.8 Å². The van der Waals surface area contributed by atoms with Crippen LogP contribution in [0.2, 0.25) is 0 Å². The van der Waals surface area contributed by atoms with Crippen LogP contribution in [0, 0.1) is 12.8 Å². The molecule has 1 aromatic rings. The molecule has 29 heavy (non-hydrogen) atoms. The Kier molecular flexibility index (Phi) is 5.99. The lowest BCUT2D eigenvalue weighted by Gasteiger charge is -2.30. The number of carbonyl (C=O) groups excluding carboxylic acids is 2. The van der Waals surface area contributed by atoms with Crippen LogP contribution in [-0.2, 0) is 16.1 Å². The van der Waals surface area contributed by atoms with Gasteiger partial charge in [0.15, 0.2) is 0 Å². The van der Waals surface area contributed by atoms with E-state index in [1.54, 1.807) is 13.0 Å². The fourth-order valence-corrected chi connectivity index (χ4v) is 4.17. The van der Waals surface area contributed by atoms with Crippen molar-refractivity contribution in [3.8, 4) is 0 Å². The highest BCUT2D eigenvalue weighted by Crippen LogP contribution is 2.35. The van der Waals surface area contributed by atoms with Gasteiger partial charge in [0.05, 0.1) is 5.69 Å². The summed E-state index contributed by atoms with van der Waals surface area (Å²) in [5.74, 6) is 0.690. The molecule has 2 atom stereocenters. The topological polar surface area (TPSA) is 96.3 Å². The average Bonchev–Trinajstić information content (AvgIpc) is 3.59. The Morgan fingerprint density at radius 2 is 1.83 bits per heavy atom. The molecule has 1 aromatic heterocycles. The molecule has 2 saturated carbocycles. The van der Waals surface area contributed by atoms with Gasteiger partial charge in [-0.2, -0.15) is 5.10 Å². The van der Waals surface area contributed by atoms with Crippen LogP contribution >= 0.6 is 0 Å². The Morgan fingerprint density at radius 1 is 1.07 bits per heavy atom. The van der Waals surface area contributed by atoms with Gasteiger partial charge in [-0.15, -0.1) is 0 Å². The molecule has 0 bridgehead atoms. The molecule has 1 aliphatic heterocycles. The van der Waals surface area contributed by atoms with E-state index in [1.165, 1.54) is 23.6 Å². The summed E-state index contributed by atoms with van der Waals surface area (Å²) in [5, 5.41) is 10.2. The first kappa shape index (κ1) is 20.1. The van der Waals surface area contributed by atoms with E-state index in [2.05, 4.69) is 20.6 Å². The largest absolute Gasteiger partial charge is 0.353 e. The van der Waals surface area contributed by atoms with Crippen molar-refractivity contribution in [2.45, 2.75) is 76.5 Å². The molecule has 2 aliphatic carbocycles. The van der Waals surface area contributed by atoms with E-state index < -0.39 is 0 Å². The van der Waals surface area contributed by atoms with Gasteiger partial charge in [-0.25, -0.2) is 4.68 Å². The van der Waals surface area contributed by atoms with Crippen molar-refractivity contribution in [2.24, 2.45) is 5.92 Å². The number of hydrogen-bond acceptors (Lipinski definition) is 5. The lowest BCUT2D eigenvalue weighted by Crippen LogP contribution is -2.46. The number of aromatic nitrogens is 2. The first-order valence-electron chi connectivity index (χ1n) is 10.8. The molecule has 2 heterocycles. The van der Waals surface area contributed by atoms with Crippen molar-refractivity contribution < 1.29 is 9.59 Å². The van der Waals surface area contributed by atoms with Gasteiger partial charge < -0.3 is 10.6 Å². The highest BCUT2D eigenvalue weighted by molar-refractivity contribution is 5.77. The first-order valence-corrected chi connectivity index (χ1v) is 10.8. The Balaban J connectivity index is 1.30. The van der Waals surface area contributed by atoms with Crippen LogP contribution in [0.3, 0.4) is 0 Å². The van der Waals surface area contributed by atoms with Crippen LogP contribution in [0.4, 0.5) is 0 Å². The lowest BCUT2D eigenvalue weighted by atomic mass is 10.1. The van der Waals surface area contributed by atoms with E-state index in [0.717, 1.165) is 38.1 Å². The molecule has 8 heteroatoms. The van der Waals surface area contributed by atoms with Gasteiger partial charge in [0.25, 0.3) is 5.56 Å². The second-order valence-corrected chi connectivity index (χ2v) is 8.85. The summed E-state index contributed by atoms with van der Waals surface area (Å²) >= 11 is 0. The monoisotopic (exact) mass is 401 g/mol. The van der Waals surface area contributed by atoms with E-state index in [4.69, 9.17) is 0 Å². The Morgan fingerprint density at radius 3 is 2.55 bits per heavy atom. The minimum atomic E-state index is -0.274. The zero-order valence-electron chi connectivity index (χ0n) is 17.1. The van der Waals surface area contributed by atoms with E-state index in [-0.39, 0.29) is 36.0 Å². The first-order chi connectivity index (χ1) is 14.0. The van der Waals surface area contributed by atoms with Crippen molar-refractivity contribution in [1.29, 1.82) is 0 Å². The number of likely N-dealkylation sites (tertiary alicyclic amines) is 1. The van der Waals surface area contributed by atoms with Crippen LogP contribution in [0.15, 0.2) is 16.9 Å². The highest BCUT2D eigenvalue weighted by atomic mass is 16.2. The molecule has 0 aromatic carbocycles. The molecule has 2 amide bonds. The molecule has 0 spiro atoms. The Hall–Kier alpha value is -2.22. The SMILES string of the molecule is Cc1ccc(=O)n(CC(=O)NC[C@@H]2CC[C@H](CC(=O)NC3CC3)N2CC2CC2)n1. The maximum atomic E-state index is 12.4. The average molecular weight is 402 g/mol. The lowest BCUT2D eigenvalue weighted by molar-refractivity contribution is -0.123. The zero-order chi connectivity index (χ0) is 20.4. The smallest absolute Gasteiger partial charge is 0.267 e. The summed E-state index contributed by atoms with van der Waals surface area (Å²) in [6, 6.07) is 3.98. The Labute approximate surface area is 171 Å². The molecular formula is C21H31N5O3. The number of amides is 2. The van der Waals surface area contributed by atoms with Crippen LogP contribution in [0.1, 0.15) is 50.6 Å². The van der Waals surface area contributed by atoms with Crippen molar-refractivity contribution in [3.63, 3.8) is 0 Å². The van der Waals surface area contributed by atoms with Crippen LogP contribution in [-0.4, -0.2) is 57.7 Å². The summed E-state index contributed by atoms with van der Waals surface area (Å²) in [6.45, 7) is 3.29. The van der Waals surface area contributed by atoms with Gasteiger partial charge in [-0.3, -0.25) is 19.3 Å². The van der Waals surface area contributed by atoms with Gasteiger partial charge >= 0.3 is 0 Å². The number of rotatable bonds is 9. The second kappa shape index (κ2) is 8.65. The fraction of sp³-hybridized carbons (Fsp3) is 0.714. The molecule has 3 aliphatic rings. The molecular weight excluding hydrogens is 370 g/mol. The standard InChI is InChI=1S/C21H31N5O3/c1-14-2-9-21(29)26(24-14)13-20(28)22-11-18-8-7-17(25(18)12-15-3-4-15)10-19(27)23-16-5-6-16/h2,9,15-18H,3-8,10-13H2,1H3,(H,22,28)(H,23,27)/t17-,18+/m1/s1. The number of carbonyl (C=O) groups is 2. The maximum Gasteiger partial charge on any atom is 0.267 e. The summed E-state index contributed by atoms with van der Waals surface area (Å²) in [5.41, 5.74) is 0.430. The van der Waals surface area contributed by atoms with Crippen LogP contribution < -0.4 is 16.2 Å². The summed E-state index contributed by atoms with van der Waals surface area (Å²) in [4.78, 5) is 38.9. The zero-order valence-corrected chi connectivity index (χ0v) is 17.1. The van der Waals surface area contributed by atoms with Crippen molar-refractivity contribution >= 4 is 11.8 Å². The predicted octanol–water partition coefficient (Wildman–Crippen LogP) is 0.580. The van der Waals surface area contributed by atoms with Crippen LogP contribution in [0.5, 0.6) is 0 Å². The predicted molar refractivity (Wildman–Crippen MR) is 108 cm³/mol. The van der Waals surface area contributed by atoms with Gasteiger partial charge in [0.1, 0.15) is 6.54 Å². The van der Waals surface area contributed by atoms with Gasteiger partial charge in [-0.1, -0.05) is 0 Å². The number of aryl methyl sites for hydroxylation is 1. The number of nitrogens with one attached hydrogen (secondary N) is 2.